The molecule has 29 heavy (non-hydrogen) atoms. The number of primary amides is 1. The Bertz CT molecular complexity index is 816. The molecule has 4 N–H and O–H groups in total. The van der Waals surface area contributed by atoms with E-state index in [0.717, 1.165) is 25.1 Å². The smallest absolute Gasteiger partial charge is 0.240 e. The molecule has 0 spiro atoms. The minimum atomic E-state index is -3.35. The summed E-state index contributed by atoms with van der Waals surface area (Å²) in [4.78, 5) is 25.6. The van der Waals surface area contributed by atoms with Crippen LogP contribution in [0.2, 0.25) is 0 Å². The first-order chi connectivity index (χ1) is 13.5. The van der Waals surface area contributed by atoms with Gasteiger partial charge in [0.2, 0.25) is 21.8 Å². The molecule has 1 saturated heterocycles. The van der Waals surface area contributed by atoms with E-state index in [1.807, 2.05) is 17.0 Å². The molecule has 8 nitrogen and oxygen atoms in total. The molecule has 0 aromatic heterocycles. The number of hydrogen-bond donors (Lipinski definition) is 3. The standard InChI is InChI=1S/C20H32N4O4S/c1-20(2,3)29(27,28)22-13-5-4-8-18(25)23-15-9-11-16(12-10-15)24-14-6-7-17(24)19(21)26/h9-12,17,22H,4-8,13-14H2,1-3H3,(H2,21,26)(H,23,25). The monoisotopic (exact) mass is 424 g/mol. The van der Waals surface area contributed by atoms with Gasteiger partial charge in [-0.05, 0) is 70.7 Å². The van der Waals surface area contributed by atoms with Crippen LogP contribution in [0.1, 0.15) is 52.9 Å². The number of nitrogens with two attached hydrogens (primary N) is 1. The number of rotatable bonds is 9. The van der Waals surface area contributed by atoms with E-state index < -0.39 is 14.8 Å². The zero-order valence-electron chi connectivity index (χ0n) is 17.4. The third-order valence-corrected chi connectivity index (χ3v) is 7.19. The van der Waals surface area contributed by atoms with Crippen molar-refractivity contribution in [1.29, 1.82) is 0 Å². The normalized spacial score (nSPS) is 17.3. The molecule has 0 aliphatic carbocycles. The van der Waals surface area contributed by atoms with Crippen molar-refractivity contribution in [2.45, 2.75) is 63.7 Å². The van der Waals surface area contributed by atoms with E-state index in [0.29, 0.717) is 31.5 Å². The summed E-state index contributed by atoms with van der Waals surface area (Å²) in [6.07, 6.45) is 3.18. The summed E-state index contributed by atoms with van der Waals surface area (Å²) in [6.45, 7) is 6.04. The second-order valence-electron chi connectivity index (χ2n) is 8.32. The highest BCUT2D eigenvalue weighted by Gasteiger charge is 2.29. The molecule has 1 fully saturated rings. The summed E-state index contributed by atoms with van der Waals surface area (Å²) in [5.74, 6) is -0.433. The van der Waals surface area contributed by atoms with Gasteiger partial charge < -0.3 is 16.0 Å². The fourth-order valence-corrected chi connectivity index (χ4v) is 4.01. The second kappa shape index (κ2) is 9.58. The molecule has 162 valence electrons. The first-order valence-electron chi connectivity index (χ1n) is 9.96. The zero-order valence-corrected chi connectivity index (χ0v) is 18.2. The molecule has 0 radical (unpaired) electrons. The molecule has 2 amide bonds. The molecule has 1 aliphatic rings. The Labute approximate surface area is 173 Å². The summed E-state index contributed by atoms with van der Waals surface area (Å²) in [7, 11) is -3.35. The average Bonchev–Trinajstić information content (AvgIpc) is 3.11. The van der Waals surface area contributed by atoms with Gasteiger partial charge in [-0.15, -0.1) is 0 Å². The number of carbonyl (C=O) groups excluding carboxylic acids is 2. The van der Waals surface area contributed by atoms with Gasteiger partial charge in [0.05, 0.1) is 4.75 Å². The maximum Gasteiger partial charge on any atom is 0.240 e. The lowest BCUT2D eigenvalue weighted by molar-refractivity contribution is -0.119. The van der Waals surface area contributed by atoms with Crippen molar-refractivity contribution < 1.29 is 18.0 Å². The van der Waals surface area contributed by atoms with E-state index >= 15 is 0 Å². The highest BCUT2D eigenvalue weighted by molar-refractivity contribution is 7.90. The fraction of sp³-hybridized carbons (Fsp3) is 0.600. The molecule has 1 aliphatic heterocycles. The summed E-state index contributed by atoms with van der Waals surface area (Å²) < 4.78 is 25.6. The van der Waals surface area contributed by atoms with E-state index in [9.17, 15) is 18.0 Å². The van der Waals surface area contributed by atoms with Crippen LogP contribution >= 0.6 is 0 Å². The van der Waals surface area contributed by atoms with Crippen molar-refractivity contribution in [3.05, 3.63) is 24.3 Å². The van der Waals surface area contributed by atoms with Gasteiger partial charge in [-0.2, -0.15) is 0 Å². The predicted molar refractivity (Wildman–Crippen MR) is 115 cm³/mol. The Hall–Kier alpha value is -2.13. The van der Waals surface area contributed by atoms with E-state index in [4.69, 9.17) is 5.73 Å². The van der Waals surface area contributed by atoms with Crippen LogP contribution in [-0.2, 0) is 19.6 Å². The minimum Gasteiger partial charge on any atom is -0.368 e. The second-order valence-corrected chi connectivity index (χ2v) is 10.8. The summed E-state index contributed by atoms with van der Waals surface area (Å²) in [6, 6.07) is 7.09. The van der Waals surface area contributed by atoms with E-state index in [1.165, 1.54) is 0 Å². The summed E-state index contributed by atoms with van der Waals surface area (Å²) >= 11 is 0. The van der Waals surface area contributed by atoms with Gasteiger partial charge in [0.15, 0.2) is 0 Å². The average molecular weight is 425 g/mol. The maximum absolute atomic E-state index is 12.1. The molecule has 1 heterocycles. The minimum absolute atomic E-state index is 0.118. The van der Waals surface area contributed by atoms with Crippen LogP contribution < -0.4 is 20.7 Å². The third kappa shape index (κ3) is 6.43. The Morgan fingerprint density at radius 3 is 2.41 bits per heavy atom. The van der Waals surface area contributed by atoms with Crippen LogP contribution in [0.25, 0.3) is 0 Å². The number of sulfonamides is 1. The van der Waals surface area contributed by atoms with Crippen LogP contribution in [0, 0.1) is 0 Å². The van der Waals surface area contributed by atoms with Crippen LogP contribution in [0.4, 0.5) is 11.4 Å². The number of unbranched alkanes of at least 4 members (excludes halogenated alkanes) is 1. The van der Waals surface area contributed by atoms with Crippen LogP contribution in [0.3, 0.4) is 0 Å². The van der Waals surface area contributed by atoms with Crippen molar-refractivity contribution in [3.63, 3.8) is 0 Å². The number of benzene rings is 1. The number of nitrogens with zero attached hydrogens (tertiary/aromatic N) is 1. The Kier molecular flexibility index (Phi) is 7.65. The summed E-state index contributed by atoms with van der Waals surface area (Å²) in [5, 5.41) is 2.84. The van der Waals surface area contributed by atoms with E-state index in [2.05, 4.69) is 10.0 Å². The maximum atomic E-state index is 12.1. The zero-order chi connectivity index (χ0) is 21.7. The van der Waals surface area contributed by atoms with Gasteiger partial charge in [0.25, 0.3) is 0 Å². The van der Waals surface area contributed by atoms with Gasteiger partial charge >= 0.3 is 0 Å². The highest BCUT2D eigenvalue weighted by atomic mass is 32.2. The number of hydrogen-bond acceptors (Lipinski definition) is 5. The first-order valence-corrected chi connectivity index (χ1v) is 11.4. The molecule has 1 unspecified atom stereocenters. The molecular weight excluding hydrogens is 392 g/mol. The van der Waals surface area contributed by atoms with Gasteiger partial charge in [-0.1, -0.05) is 0 Å². The molecule has 2 rings (SSSR count). The molecule has 1 aromatic carbocycles. The van der Waals surface area contributed by atoms with Crippen molar-refractivity contribution in [3.8, 4) is 0 Å². The number of anilines is 2. The van der Waals surface area contributed by atoms with Crippen molar-refractivity contribution in [2.24, 2.45) is 5.73 Å². The third-order valence-electron chi connectivity index (χ3n) is 4.99. The topological polar surface area (TPSA) is 122 Å². The van der Waals surface area contributed by atoms with Crippen molar-refractivity contribution in [1.82, 2.24) is 4.72 Å². The Balaban J connectivity index is 1.75. The molecular formula is C20H32N4O4S. The molecule has 0 saturated carbocycles. The first kappa shape index (κ1) is 23.2. The summed E-state index contributed by atoms with van der Waals surface area (Å²) in [5.41, 5.74) is 7.05. The van der Waals surface area contributed by atoms with E-state index in [-0.39, 0.29) is 17.9 Å². The Morgan fingerprint density at radius 2 is 1.83 bits per heavy atom. The molecule has 1 aromatic rings. The van der Waals surface area contributed by atoms with Gasteiger partial charge in [0, 0.05) is 30.9 Å². The lowest BCUT2D eigenvalue weighted by Gasteiger charge is -2.24. The molecule has 1 atom stereocenters. The number of carbonyl (C=O) groups is 2. The lowest BCUT2D eigenvalue weighted by Crippen LogP contribution is -2.40. The van der Waals surface area contributed by atoms with Crippen LogP contribution in [-0.4, -0.2) is 44.1 Å². The predicted octanol–water partition coefficient (Wildman–Crippen LogP) is 1.97. The van der Waals surface area contributed by atoms with Gasteiger partial charge in [-0.3, -0.25) is 9.59 Å². The van der Waals surface area contributed by atoms with E-state index in [1.54, 1.807) is 32.9 Å². The Morgan fingerprint density at radius 1 is 1.17 bits per heavy atom. The molecule has 0 bridgehead atoms. The van der Waals surface area contributed by atoms with Crippen LogP contribution in [0.15, 0.2) is 24.3 Å². The number of amides is 2. The quantitative estimate of drug-likeness (QED) is 0.523. The SMILES string of the molecule is CC(C)(C)S(=O)(=O)NCCCCC(=O)Nc1ccc(N2CCCC2C(N)=O)cc1. The fourth-order valence-electron chi connectivity index (χ4n) is 3.16. The largest absolute Gasteiger partial charge is 0.368 e. The lowest BCUT2D eigenvalue weighted by atomic mass is 10.2. The van der Waals surface area contributed by atoms with Crippen LogP contribution in [0.5, 0.6) is 0 Å². The number of nitrogens with one attached hydrogen (secondary N) is 2. The van der Waals surface area contributed by atoms with Crippen molar-refractivity contribution in [2.75, 3.05) is 23.3 Å². The van der Waals surface area contributed by atoms with Crippen molar-refractivity contribution >= 4 is 33.2 Å². The van der Waals surface area contributed by atoms with Gasteiger partial charge in [-0.25, -0.2) is 13.1 Å². The molecule has 9 heteroatoms. The highest BCUT2D eigenvalue weighted by Crippen LogP contribution is 2.26. The van der Waals surface area contributed by atoms with Gasteiger partial charge in [0.1, 0.15) is 6.04 Å².